The number of carbonyl (C=O) groups is 2. The second kappa shape index (κ2) is 12.8. The van der Waals surface area contributed by atoms with Crippen LogP contribution in [0.15, 0.2) is 60.7 Å². The maximum Gasteiger partial charge on any atom is 0.336 e. The van der Waals surface area contributed by atoms with Gasteiger partial charge in [-0.3, -0.25) is 4.79 Å². The van der Waals surface area contributed by atoms with Gasteiger partial charge in [0.25, 0.3) is 0 Å². The Labute approximate surface area is 145 Å². The quantitative estimate of drug-likeness (QED) is 0.320. The first-order chi connectivity index (χ1) is 11.7. The highest BCUT2D eigenvalue weighted by molar-refractivity contribution is 5.98. The molecular formula is C21H26O3. The van der Waals surface area contributed by atoms with Crippen molar-refractivity contribution in [3.8, 4) is 5.75 Å². The highest BCUT2D eigenvalue weighted by Crippen LogP contribution is 2.18. The van der Waals surface area contributed by atoms with Crippen molar-refractivity contribution in [2.45, 2.75) is 34.6 Å². The molecule has 0 aliphatic carbocycles. The molecule has 24 heavy (non-hydrogen) atoms. The van der Waals surface area contributed by atoms with Gasteiger partial charge < -0.3 is 4.74 Å². The zero-order valence-corrected chi connectivity index (χ0v) is 15.1. The lowest BCUT2D eigenvalue weighted by Gasteiger charge is -2.05. The summed E-state index contributed by atoms with van der Waals surface area (Å²) < 4.78 is 5.18. The third-order valence-corrected chi connectivity index (χ3v) is 2.69. The normalized spacial score (nSPS) is 9.21. The van der Waals surface area contributed by atoms with E-state index in [2.05, 4.69) is 0 Å². The molecule has 0 heterocycles. The van der Waals surface area contributed by atoms with E-state index in [9.17, 15) is 9.59 Å². The van der Waals surface area contributed by atoms with Crippen molar-refractivity contribution in [2.24, 2.45) is 0 Å². The van der Waals surface area contributed by atoms with Gasteiger partial charge in [0, 0.05) is 6.08 Å². The van der Waals surface area contributed by atoms with Crippen LogP contribution in [0.2, 0.25) is 0 Å². The highest BCUT2D eigenvalue weighted by Gasteiger charge is 2.09. The molecule has 3 heteroatoms. The monoisotopic (exact) mass is 326 g/mol. The Morgan fingerprint density at radius 2 is 1.38 bits per heavy atom. The Kier molecular flexibility index (Phi) is 11.4. The van der Waals surface area contributed by atoms with Gasteiger partial charge in [-0.25, -0.2) is 4.79 Å². The van der Waals surface area contributed by atoms with Crippen molar-refractivity contribution in [3.63, 3.8) is 0 Å². The molecule has 0 N–H and O–H groups in total. The summed E-state index contributed by atoms with van der Waals surface area (Å²) in [6.07, 6.45) is 3.00. The summed E-state index contributed by atoms with van der Waals surface area (Å²) in [6.45, 7) is 9.44. The molecular weight excluding hydrogens is 300 g/mol. The molecule has 0 aliphatic heterocycles. The van der Waals surface area contributed by atoms with E-state index in [-0.39, 0.29) is 11.5 Å². The van der Waals surface area contributed by atoms with E-state index >= 15 is 0 Å². The third kappa shape index (κ3) is 7.54. The standard InChI is InChI=1S/C17H14O3.2C2H6/c1-13(18)15-9-5-6-10-16(15)20-17(19)12-11-14-7-3-2-4-8-14;2*1-2/h2-12H,1H3;2*1-2H3/b12-11+;;. The van der Waals surface area contributed by atoms with Crippen LogP contribution in [0.3, 0.4) is 0 Å². The molecule has 0 saturated heterocycles. The van der Waals surface area contributed by atoms with Crippen molar-refractivity contribution >= 4 is 17.8 Å². The largest absolute Gasteiger partial charge is 0.423 e. The number of Topliss-reactive ketones (excluding diaryl/α,β-unsaturated/α-hetero) is 1. The molecule has 0 unspecified atom stereocenters. The van der Waals surface area contributed by atoms with Gasteiger partial charge in [0.15, 0.2) is 5.78 Å². The zero-order valence-electron chi connectivity index (χ0n) is 15.1. The summed E-state index contributed by atoms with van der Waals surface area (Å²) in [5.74, 6) is -0.370. The summed E-state index contributed by atoms with van der Waals surface area (Å²) in [5, 5.41) is 0. The summed E-state index contributed by atoms with van der Waals surface area (Å²) in [7, 11) is 0. The number of carbonyl (C=O) groups excluding carboxylic acids is 2. The van der Waals surface area contributed by atoms with Crippen LogP contribution in [0, 0.1) is 0 Å². The number of hydrogen-bond donors (Lipinski definition) is 0. The number of para-hydroxylation sites is 1. The Morgan fingerprint density at radius 3 is 1.96 bits per heavy atom. The molecule has 2 aromatic carbocycles. The molecule has 0 spiro atoms. The van der Waals surface area contributed by atoms with Gasteiger partial charge in [-0.1, -0.05) is 70.2 Å². The van der Waals surface area contributed by atoms with Crippen LogP contribution in [-0.2, 0) is 4.79 Å². The highest BCUT2D eigenvalue weighted by atomic mass is 16.5. The minimum Gasteiger partial charge on any atom is -0.423 e. The number of ether oxygens (including phenoxy) is 1. The molecule has 0 aliphatic rings. The van der Waals surface area contributed by atoms with Crippen molar-refractivity contribution in [3.05, 3.63) is 71.8 Å². The Balaban J connectivity index is 0.00000123. The number of ketones is 1. The molecule has 0 saturated carbocycles. The first kappa shape index (κ1) is 21.3. The van der Waals surface area contributed by atoms with Gasteiger partial charge in [0.05, 0.1) is 5.56 Å². The van der Waals surface area contributed by atoms with E-state index < -0.39 is 5.97 Å². The summed E-state index contributed by atoms with van der Waals surface area (Å²) in [6, 6.07) is 16.1. The van der Waals surface area contributed by atoms with Gasteiger partial charge in [-0.2, -0.15) is 0 Å². The Bertz CT molecular complexity index is 643. The van der Waals surface area contributed by atoms with E-state index in [4.69, 9.17) is 4.74 Å². The lowest BCUT2D eigenvalue weighted by Crippen LogP contribution is -2.07. The van der Waals surface area contributed by atoms with Crippen LogP contribution in [0.4, 0.5) is 0 Å². The van der Waals surface area contributed by atoms with E-state index in [1.165, 1.54) is 13.0 Å². The summed E-state index contributed by atoms with van der Waals surface area (Å²) in [4.78, 5) is 23.2. The molecule has 0 aromatic heterocycles. The molecule has 0 radical (unpaired) electrons. The van der Waals surface area contributed by atoms with Crippen LogP contribution in [0.1, 0.15) is 50.5 Å². The van der Waals surface area contributed by atoms with Crippen molar-refractivity contribution in [2.75, 3.05) is 0 Å². The molecule has 2 aromatic rings. The molecule has 0 fully saturated rings. The molecule has 3 nitrogen and oxygen atoms in total. The fourth-order valence-corrected chi connectivity index (χ4v) is 1.72. The lowest BCUT2D eigenvalue weighted by molar-refractivity contribution is -0.128. The van der Waals surface area contributed by atoms with Gasteiger partial charge in [-0.05, 0) is 30.7 Å². The maximum absolute atomic E-state index is 11.7. The van der Waals surface area contributed by atoms with Gasteiger partial charge in [0.2, 0.25) is 0 Å². The molecule has 128 valence electrons. The minimum atomic E-state index is -0.512. The number of esters is 1. The first-order valence-corrected chi connectivity index (χ1v) is 8.22. The maximum atomic E-state index is 11.7. The van der Waals surface area contributed by atoms with Crippen LogP contribution in [0.5, 0.6) is 5.75 Å². The number of benzene rings is 2. The predicted octanol–water partition coefficient (Wildman–Crippen LogP) is 5.56. The molecule has 0 atom stereocenters. The number of hydrogen-bond acceptors (Lipinski definition) is 3. The van der Waals surface area contributed by atoms with E-state index in [0.29, 0.717) is 5.56 Å². The summed E-state index contributed by atoms with van der Waals surface area (Å²) >= 11 is 0. The fraction of sp³-hybridized carbons (Fsp3) is 0.238. The van der Waals surface area contributed by atoms with Crippen LogP contribution in [-0.4, -0.2) is 11.8 Å². The first-order valence-electron chi connectivity index (χ1n) is 8.22. The van der Waals surface area contributed by atoms with Gasteiger partial charge >= 0.3 is 5.97 Å². The fourth-order valence-electron chi connectivity index (χ4n) is 1.72. The zero-order chi connectivity index (χ0) is 18.4. The van der Waals surface area contributed by atoms with Gasteiger partial charge in [-0.15, -0.1) is 0 Å². The van der Waals surface area contributed by atoms with E-state index in [1.807, 2.05) is 58.0 Å². The lowest BCUT2D eigenvalue weighted by atomic mass is 10.1. The van der Waals surface area contributed by atoms with Crippen LogP contribution in [0.25, 0.3) is 6.08 Å². The average Bonchev–Trinajstić information content (AvgIpc) is 2.64. The molecule has 0 amide bonds. The molecule has 0 bridgehead atoms. The molecule has 2 rings (SSSR count). The predicted molar refractivity (Wildman–Crippen MR) is 100 cm³/mol. The van der Waals surface area contributed by atoms with E-state index in [0.717, 1.165) is 5.56 Å². The van der Waals surface area contributed by atoms with Gasteiger partial charge in [0.1, 0.15) is 5.75 Å². The summed E-state index contributed by atoms with van der Waals surface area (Å²) in [5.41, 5.74) is 1.30. The Hall–Kier alpha value is -2.68. The average molecular weight is 326 g/mol. The second-order valence-corrected chi connectivity index (χ2v) is 4.22. The minimum absolute atomic E-state index is 0.138. The second-order valence-electron chi connectivity index (χ2n) is 4.22. The third-order valence-electron chi connectivity index (χ3n) is 2.69. The van der Waals surface area contributed by atoms with Crippen LogP contribution < -0.4 is 4.74 Å². The Morgan fingerprint density at radius 1 is 0.833 bits per heavy atom. The smallest absolute Gasteiger partial charge is 0.336 e. The SMILES string of the molecule is CC.CC.CC(=O)c1ccccc1OC(=O)/C=C/c1ccccc1. The topological polar surface area (TPSA) is 43.4 Å². The van der Waals surface area contributed by atoms with Crippen molar-refractivity contribution in [1.82, 2.24) is 0 Å². The van der Waals surface area contributed by atoms with Crippen molar-refractivity contribution in [1.29, 1.82) is 0 Å². The number of rotatable bonds is 4. The van der Waals surface area contributed by atoms with E-state index in [1.54, 1.807) is 30.3 Å². The van der Waals surface area contributed by atoms with Crippen molar-refractivity contribution < 1.29 is 14.3 Å². The van der Waals surface area contributed by atoms with Crippen LogP contribution >= 0.6 is 0 Å².